The van der Waals surface area contributed by atoms with Crippen LogP contribution in [0.25, 0.3) is 44.3 Å². The van der Waals surface area contributed by atoms with Crippen LogP contribution in [0.4, 0.5) is 15.1 Å². The summed E-state index contributed by atoms with van der Waals surface area (Å²) in [5, 5.41) is 11.9. The first kappa shape index (κ1) is 29.7. The van der Waals surface area contributed by atoms with Crippen molar-refractivity contribution in [3.63, 3.8) is 0 Å². The highest BCUT2D eigenvalue weighted by Crippen LogP contribution is 2.41. The molecule has 1 saturated carbocycles. The van der Waals surface area contributed by atoms with Crippen LogP contribution in [0.5, 0.6) is 0 Å². The molecule has 0 atom stereocenters. The quantitative estimate of drug-likeness (QED) is 0.217. The Morgan fingerprint density at radius 2 is 1.98 bits per heavy atom. The zero-order valence-corrected chi connectivity index (χ0v) is 25.9. The summed E-state index contributed by atoms with van der Waals surface area (Å²) in [6.07, 6.45) is 5.91. The molecule has 1 fully saturated rings. The number of halogens is 1. The summed E-state index contributed by atoms with van der Waals surface area (Å²) in [6.45, 7) is 6.01. The van der Waals surface area contributed by atoms with Crippen LogP contribution in [-0.4, -0.2) is 54.3 Å². The molecule has 11 heteroatoms. The highest BCUT2D eigenvalue weighted by Gasteiger charge is 2.27. The average Bonchev–Trinajstić information content (AvgIpc) is 3.78. The number of aliphatic hydroxyl groups excluding tert-OH is 1. The molecule has 236 valence electrons. The number of nitrogens with two attached hydrogens (primary N) is 1. The number of rotatable bonds is 5. The van der Waals surface area contributed by atoms with E-state index in [0.29, 0.717) is 64.4 Å². The van der Waals surface area contributed by atoms with Crippen molar-refractivity contribution in [2.24, 2.45) is 0 Å². The predicted molar refractivity (Wildman–Crippen MR) is 175 cm³/mol. The third kappa shape index (κ3) is 5.40. The number of hydrogen-bond donors (Lipinski definition) is 3. The molecular formula is C35H35FN6O4. The number of anilines is 1. The van der Waals surface area contributed by atoms with E-state index in [2.05, 4.69) is 15.0 Å². The van der Waals surface area contributed by atoms with E-state index >= 15 is 4.39 Å². The van der Waals surface area contributed by atoms with E-state index in [9.17, 15) is 14.7 Å². The van der Waals surface area contributed by atoms with Crippen LogP contribution in [0.3, 0.4) is 0 Å². The van der Waals surface area contributed by atoms with E-state index < -0.39 is 23.6 Å². The monoisotopic (exact) mass is 622 g/mol. The molecule has 2 aromatic carbocycles. The fourth-order valence-electron chi connectivity index (χ4n) is 6.19. The zero-order valence-electron chi connectivity index (χ0n) is 25.9. The first-order valence-corrected chi connectivity index (χ1v) is 15.4. The second-order valence-electron chi connectivity index (χ2n) is 13.0. The fourth-order valence-corrected chi connectivity index (χ4v) is 6.19. The number of H-pyrrole nitrogens is 1. The Bertz CT molecular complexity index is 2120. The maximum absolute atomic E-state index is 15.3. The standard InChI is InChI=1S/C35H35FN6O4/c1-35(2,3)46-34(45)41-12-9-20(10-13-41)27-17-24-30(39-33(37)40-31(24)38-27)23-5-4-6-28(25(23)18-43)42-14-11-21-15-22(19-7-8-19)16-26(36)29(21)32(42)44/h4-6,9,11,14-17,19,43H,7-8,10,12-13,18H2,1-3H3,(H3,37,38,39,40). The number of carbonyl (C=O) groups is 1. The number of nitrogens with one attached hydrogen (secondary N) is 1. The fraction of sp³-hybridized carbons (Fsp3) is 0.314. The Kier molecular flexibility index (Phi) is 7.16. The van der Waals surface area contributed by atoms with E-state index in [-0.39, 0.29) is 17.4 Å². The van der Waals surface area contributed by atoms with Gasteiger partial charge in [0.25, 0.3) is 5.56 Å². The van der Waals surface area contributed by atoms with Crippen LogP contribution in [0, 0.1) is 5.82 Å². The number of pyridine rings is 1. The summed E-state index contributed by atoms with van der Waals surface area (Å²) in [7, 11) is 0. The lowest BCUT2D eigenvalue weighted by Crippen LogP contribution is -2.39. The van der Waals surface area contributed by atoms with Crippen LogP contribution in [0.2, 0.25) is 0 Å². The van der Waals surface area contributed by atoms with Gasteiger partial charge < -0.3 is 25.5 Å². The number of nitrogens with zero attached hydrogens (tertiary/aromatic N) is 4. The van der Waals surface area contributed by atoms with E-state index in [1.54, 1.807) is 35.4 Å². The Balaban J connectivity index is 1.28. The third-order valence-corrected chi connectivity index (χ3v) is 8.56. The highest BCUT2D eigenvalue weighted by molar-refractivity contribution is 5.95. The summed E-state index contributed by atoms with van der Waals surface area (Å²) < 4.78 is 22.2. The second-order valence-corrected chi connectivity index (χ2v) is 13.0. The number of benzene rings is 2. The molecule has 0 bridgehead atoms. The number of hydrogen-bond acceptors (Lipinski definition) is 7. The van der Waals surface area contributed by atoms with Gasteiger partial charge in [-0.15, -0.1) is 0 Å². The first-order chi connectivity index (χ1) is 22.0. The van der Waals surface area contributed by atoms with E-state index in [0.717, 1.165) is 29.7 Å². The molecule has 2 aliphatic rings. The predicted octanol–water partition coefficient (Wildman–Crippen LogP) is 6.04. The van der Waals surface area contributed by atoms with Gasteiger partial charge in [0.1, 0.15) is 17.1 Å². The summed E-state index contributed by atoms with van der Waals surface area (Å²) in [5.74, 6) is -0.154. The van der Waals surface area contributed by atoms with Crippen molar-refractivity contribution < 1.29 is 19.0 Å². The Morgan fingerprint density at radius 3 is 2.67 bits per heavy atom. The first-order valence-electron chi connectivity index (χ1n) is 15.4. The van der Waals surface area contributed by atoms with Gasteiger partial charge in [0.2, 0.25) is 5.95 Å². The SMILES string of the molecule is CC(C)(C)OC(=O)N1CC=C(c2cc3c(-c4cccc(-n5ccc6cc(C7CC7)cc(F)c6c5=O)c4CO)nc(N)nc3[nH]2)CC1. The molecule has 3 aromatic heterocycles. The number of carbonyl (C=O) groups excluding carboxylic acids is 1. The molecule has 10 nitrogen and oxygen atoms in total. The summed E-state index contributed by atoms with van der Waals surface area (Å²) in [5.41, 5.74) is 10.2. The number of nitrogen functional groups attached to an aromatic ring is 1. The van der Waals surface area contributed by atoms with Crippen molar-refractivity contribution in [1.29, 1.82) is 0 Å². The molecular weight excluding hydrogens is 587 g/mol. The van der Waals surface area contributed by atoms with Gasteiger partial charge in [0, 0.05) is 41.5 Å². The molecule has 0 radical (unpaired) electrons. The van der Waals surface area contributed by atoms with Gasteiger partial charge in [0.05, 0.1) is 23.4 Å². The van der Waals surface area contributed by atoms with Gasteiger partial charge in [-0.1, -0.05) is 24.3 Å². The van der Waals surface area contributed by atoms with Crippen molar-refractivity contribution >= 4 is 39.4 Å². The Hall–Kier alpha value is -5.03. The van der Waals surface area contributed by atoms with Crippen LogP contribution in [0.1, 0.15) is 62.8 Å². The molecule has 4 N–H and O–H groups in total. The van der Waals surface area contributed by atoms with Crippen molar-refractivity contribution in [2.45, 2.75) is 58.2 Å². The van der Waals surface area contributed by atoms with Crippen LogP contribution in [-0.2, 0) is 11.3 Å². The molecule has 1 aliphatic carbocycles. The molecule has 0 spiro atoms. The maximum atomic E-state index is 15.3. The molecule has 4 heterocycles. The van der Waals surface area contributed by atoms with Crippen LogP contribution >= 0.6 is 0 Å². The Labute approximate surface area is 264 Å². The number of fused-ring (bicyclic) bond motifs is 2. The van der Waals surface area contributed by atoms with E-state index in [4.69, 9.17) is 10.5 Å². The third-order valence-electron chi connectivity index (χ3n) is 8.56. The number of aromatic nitrogens is 4. The summed E-state index contributed by atoms with van der Waals surface area (Å²) in [4.78, 5) is 40.2. The lowest BCUT2D eigenvalue weighted by atomic mass is 9.99. The van der Waals surface area contributed by atoms with Crippen molar-refractivity contribution in [1.82, 2.24) is 24.4 Å². The largest absolute Gasteiger partial charge is 0.444 e. The molecule has 1 aliphatic heterocycles. The van der Waals surface area contributed by atoms with Crippen molar-refractivity contribution in [3.05, 3.63) is 87.7 Å². The number of amides is 1. The lowest BCUT2D eigenvalue weighted by Gasteiger charge is -2.29. The minimum absolute atomic E-state index is 0.0103. The molecule has 1 amide bonds. The van der Waals surface area contributed by atoms with E-state index in [1.165, 1.54) is 10.6 Å². The van der Waals surface area contributed by atoms with Gasteiger partial charge in [-0.2, -0.15) is 4.98 Å². The van der Waals surface area contributed by atoms with Crippen LogP contribution < -0.4 is 11.3 Å². The maximum Gasteiger partial charge on any atom is 0.410 e. The average molecular weight is 623 g/mol. The van der Waals surface area contributed by atoms with Gasteiger partial charge in [-0.3, -0.25) is 9.36 Å². The van der Waals surface area contributed by atoms with Gasteiger partial charge in [0.15, 0.2) is 0 Å². The van der Waals surface area contributed by atoms with Crippen molar-refractivity contribution in [3.8, 4) is 16.9 Å². The molecule has 46 heavy (non-hydrogen) atoms. The van der Waals surface area contributed by atoms with Gasteiger partial charge in [-0.05, 0) is 86.7 Å². The second kappa shape index (κ2) is 11.1. The Morgan fingerprint density at radius 1 is 1.17 bits per heavy atom. The minimum atomic E-state index is -0.574. The molecule has 5 aromatic rings. The smallest absolute Gasteiger partial charge is 0.410 e. The number of aromatic amines is 1. The number of ether oxygens (including phenoxy) is 1. The minimum Gasteiger partial charge on any atom is -0.444 e. The molecule has 7 rings (SSSR count). The topological polar surface area (TPSA) is 139 Å². The summed E-state index contributed by atoms with van der Waals surface area (Å²) in [6, 6.07) is 12.3. The molecule has 0 unspecified atom stereocenters. The molecule has 0 saturated heterocycles. The van der Waals surface area contributed by atoms with Crippen molar-refractivity contribution in [2.75, 3.05) is 18.8 Å². The zero-order chi connectivity index (χ0) is 32.3. The normalized spacial score (nSPS) is 15.4. The van der Waals surface area contributed by atoms with E-state index in [1.807, 2.05) is 39.0 Å². The highest BCUT2D eigenvalue weighted by atomic mass is 19.1. The van der Waals surface area contributed by atoms with Crippen LogP contribution in [0.15, 0.2) is 59.5 Å². The van der Waals surface area contributed by atoms with Gasteiger partial charge in [-0.25, -0.2) is 14.2 Å². The summed E-state index contributed by atoms with van der Waals surface area (Å²) >= 11 is 0. The number of aliphatic hydroxyl groups is 1. The lowest BCUT2D eigenvalue weighted by molar-refractivity contribution is 0.0270. The van der Waals surface area contributed by atoms with Gasteiger partial charge >= 0.3 is 6.09 Å².